The van der Waals surface area contributed by atoms with E-state index in [9.17, 15) is 8.78 Å². The maximum Gasteiger partial charge on any atom is 0.149 e. The molecular weight excluding hydrogens is 262 g/mol. The zero-order valence-electron chi connectivity index (χ0n) is 12.0. The van der Waals surface area contributed by atoms with Gasteiger partial charge in [-0.2, -0.15) is 0 Å². The fourth-order valence-electron chi connectivity index (χ4n) is 2.51. The van der Waals surface area contributed by atoms with Crippen LogP contribution in [0.15, 0.2) is 12.1 Å². The van der Waals surface area contributed by atoms with Crippen molar-refractivity contribution < 1.29 is 13.5 Å². The van der Waals surface area contributed by atoms with E-state index in [4.69, 9.17) is 10.5 Å². The average Bonchev–Trinajstić information content (AvgIpc) is 2.37. The summed E-state index contributed by atoms with van der Waals surface area (Å²) in [5.74, 6) is -1.03. The number of benzene rings is 1. The van der Waals surface area contributed by atoms with Crippen LogP contribution in [0.1, 0.15) is 25.8 Å². The van der Waals surface area contributed by atoms with Gasteiger partial charge in [0.25, 0.3) is 0 Å². The van der Waals surface area contributed by atoms with Crippen molar-refractivity contribution in [2.24, 2.45) is 5.73 Å². The van der Waals surface area contributed by atoms with E-state index in [0.29, 0.717) is 31.7 Å². The molecule has 0 aromatic heterocycles. The SMILES string of the molecule is CCC(N)Cc1cc(F)c(N2CCOC(C)C2)c(F)c1. The van der Waals surface area contributed by atoms with Crippen LogP contribution in [0.5, 0.6) is 0 Å². The van der Waals surface area contributed by atoms with Crippen molar-refractivity contribution in [3.63, 3.8) is 0 Å². The summed E-state index contributed by atoms with van der Waals surface area (Å²) in [5.41, 5.74) is 6.49. The fraction of sp³-hybridized carbons (Fsp3) is 0.600. The van der Waals surface area contributed by atoms with Crippen molar-refractivity contribution in [2.75, 3.05) is 24.6 Å². The van der Waals surface area contributed by atoms with Gasteiger partial charge in [-0.1, -0.05) is 6.92 Å². The molecule has 1 aromatic carbocycles. The molecule has 112 valence electrons. The third-order valence-electron chi connectivity index (χ3n) is 3.66. The van der Waals surface area contributed by atoms with Crippen LogP contribution in [-0.2, 0) is 11.2 Å². The van der Waals surface area contributed by atoms with Crippen LogP contribution in [0.3, 0.4) is 0 Å². The second-order valence-electron chi connectivity index (χ2n) is 5.41. The summed E-state index contributed by atoms with van der Waals surface area (Å²) in [7, 11) is 0. The molecule has 0 aliphatic carbocycles. The molecule has 0 radical (unpaired) electrons. The van der Waals surface area contributed by atoms with Crippen LogP contribution in [-0.4, -0.2) is 31.8 Å². The fourth-order valence-corrected chi connectivity index (χ4v) is 2.51. The summed E-state index contributed by atoms with van der Waals surface area (Å²) in [6.45, 7) is 5.35. The Morgan fingerprint density at radius 1 is 1.40 bits per heavy atom. The number of hydrogen-bond donors (Lipinski definition) is 1. The number of halogens is 2. The maximum atomic E-state index is 14.2. The molecule has 1 aliphatic rings. The van der Waals surface area contributed by atoms with E-state index in [1.165, 1.54) is 12.1 Å². The molecule has 2 rings (SSSR count). The number of hydrogen-bond acceptors (Lipinski definition) is 3. The van der Waals surface area contributed by atoms with Crippen molar-refractivity contribution >= 4 is 5.69 Å². The van der Waals surface area contributed by atoms with Crippen molar-refractivity contribution in [1.82, 2.24) is 0 Å². The molecule has 1 saturated heterocycles. The molecule has 2 N–H and O–H groups in total. The highest BCUT2D eigenvalue weighted by Gasteiger charge is 2.23. The van der Waals surface area contributed by atoms with E-state index in [2.05, 4.69) is 0 Å². The Hall–Kier alpha value is -1.20. The molecule has 1 aliphatic heterocycles. The third-order valence-corrected chi connectivity index (χ3v) is 3.66. The summed E-state index contributed by atoms with van der Waals surface area (Å²) >= 11 is 0. The van der Waals surface area contributed by atoms with Crippen molar-refractivity contribution in [2.45, 2.75) is 38.8 Å². The minimum Gasteiger partial charge on any atom is -0.375 e. The molecule has 0 spiro atoms. The Labute approximate surface area is 118 Å². The number of nitrogens with zero attached hydrogens (tertiary/aromatic N) is 1. The van der Waals surface area contributed by atoms with E-state index >= 15 is 0 Å². The monoisotopic (exact) mass is 284 g/mol. The normalized spacial score (nSPS) is 21.1. The summed E-state index contributed by atoms with van der Waals surface area (Å²) < 4.78 is 33.8. The summed E-state index contributed by atoms with van der Waals surface area (Å²) in [6, 6.07) is 2.73. The van der Waals surface area contributed by atoms with E-state index in [-0.39, 0.29) is 17.8 Å². The number of nitrogens with two attached hydrogens (primary N) is 1. The molecule has 20 heavy (non-hydrogen) atoms. The number of ether oxygens (including phenoxy) is 1. The molecule has 0 saturated carbocycles. The van der Waals surface area contributed by atoms with Gasteiger partial charge in [-0.15, -0.1) is 0 Å². The van der Waals surface area contributed by atoms with Crippen LogP contribution in [0.2, 0.25) is 0 Å². The summed E-state index contributed by atoms with van der Waals surface area (Å²) in [5, 5.41) is 0. The largest absolute Gasteiger partial charge is 0.375 e. The van der Waals surface area contributed by atoms with Crippen LogP contribution < -0.4 is 10.6 Å². The highest BCUT2D eigenvalue weighted by Crippen LogP contribution is 2.27. The van der Waals surface area contributed by atoms with E-state index in [0.717, 1.165) is 6.42 Å². The van der Waals surface area contributed by atoms with Gasteiger partial charge in [0.2, 0.25) is 0 Å². The average molecular weight is 284 g/mol. The quantitative estimate of drug-likeness (QED) is 0.923. The topological polar surface area (TPSA) is 38.5 Å². The molecular formula is C15H22F2N2O. The minimum absolute atomic E-state index is 0.0178. The van der Waals surface area contributed by atoms with Gasteiger partial charge in [-0.3, -0.25) is 0 Å². The number of anilines is 1. The van der Waals surface area contributed by atoms with E-state index < -0.39 is 11.6 Å². The van der Waals surface area contributed by atoms with Crippen molar-refractivity contribution in [3.8, 4) is 0 Å². The Morgan fingerprint density at radius 3 is 2.60 bits per heavy atom. The lowest BCUT2D eigenvalue weighted by Crippen LogP contribution is -2.42. The zero-order chi connectivity index (χ0) is 14.7. The Kier molecular flexibility index (Phi) is 4.94. The van der Waals surface area contributed by atoms with Crippen LogP contribution >= 0.6 is 0 Å². The van der Waals surface area contributed by atoms with Gasteiger partial charge in [0.05, 0.1) is 12.7 Å². The van der Waals surface area contributed by atoms with E-state index in [1.54, 1.807) is 4.90 Å². The van der Waals surface area contributed by atoms with Gasteiger partial charge >= 0.3 is 0 Å². The second-order valence-corrected chi connectivity index (χ2v) is 5.41. The lowest BCUT2D eigenvalue weighted by atomic mass is 10.0. The van der Waals surface area contributed by atoms with Gasteiger partial charge < -0.3 is 15.4 Å². The molecule has 1 fully saturated rings. The highest BCUT2D eigenvalue weighted by atomic mass is 19.1. The Bertz CT molecular complexity index is 444. The van der Waals surface area contributed by atoms with Gasteiger partial charge in [0.1, 0.15) is 17.3 Å². The molecule has 1 heterocycles. The van der Waals surface area contributed by atoms with Crippen molar-refractivity contribution in [3.05, 3.63) is 29.3 Å². The second kappa shape index (κ2) is 6.50. The first kappa shape index (κ1) is 15.2. The van der Waals surface area contributed by atoms with Gasteiger partial charge in [-0.25, -0.2) is 8.78 Å². The molecule has 3 nitrogen and oxygen atoms in total. The molecule has 0 amide bonds. The third kappa shape index (κ3) is 3.46. The molecule has 1 aromatic rings. The van der Waals surface area contributed by atoms with Gasteiger partial charge in [0, 0.05) is 19.1 Å². The van der Waals surface area contributed by atoms with Gasteiger partial charge in [-0.05, 0) is 37.5 Å². The first-order valence-electron chi connectivity index (χ1n) is 7.11. The summed E-state index contributed by atoms with van der Waals surface area (Å²) in [6.07, 6.45) is 1.26. The predicted molar refractivity (Wildman–Crippen MR) is 76.0 cm³/mol. The van der Waals surface area contributed by atoms with Crippen LogP contribution in [0.4, 0.5) is 14.5 Å². The first-order valence-corrected chi connectivity index (χ1v) is 7.11. The molecule has 5 heteroatoms. The molecule has 2 atom stereocenters. The lowest BCUT2D eigenvalue weighted by molar-refractivity contribution is 0.0527. The van der Waals surface area contributed by atoms with Crippen LogP contribution in [0.25, 0.3) is 0 Å². The van der Waals surface area contributed by atoms with E-state index in [1.807, 2.05) is 13.8 Å². The smallest absolute Gasteiger partial charge is 0.149 e. The minimum atomic E-state index is -0.516. The van der Waals surface area contributed by atoms with Crippen molar-refractivity contribution in [1.29, 1.82) is 0 Å². The first-order chi connectivity index (χ1) is 9.51. The lowest BCUT2D eigenvalue weighted by Gasteiger charge is -2.33. The maximum absolute atomic E-state index is 14.2. The Morgan fingerprint density at radius 2 is 2.05 bits per heavy atom. The predicted octanol–water partition coefficient (Wildman–Crippen LogP) is 2.47. The van der Waals surface area contributed by atoms with Crippen LogP contribution in [0, 0.1) is 11.6 Å². The zero-order valence-corrected chi connectivity index (χ0v) is 12.0. The number of rotatable bonds is 4. The highest BCUT2D eigenvalue weighted by molar-refractivity contribution is 5.51. The summed E-state index contributed by atoms with van der Waals surface area (Å²) in [4.78, 5) is 1.71. The Balaban J connectivity index is 2.22. The number of morpholine rings is 1. The molecule has 2 unspecified atom stereocenters. The standard InChI is InChI=1S/C15H22F2N2O/c1-3-12(18)6-11-7-13(16)15(14(17)8-11)19-4-5-20-10(2)9-19/h7-8,10,12H,3-6,9,18H2,1-2H3. The van der Waals surface area contributed by atoms with Gasteiger partial charge in [0.15, 0.2) is 0 Å². The molecule has 0 bridgehead atoms.